The van der Waals surface area contributed by atoms with Gasteiger partial charge in [0.2, 0.25) is 0 Å². The van der Waals surface area contributed by atoms with E-state index in [-0.39, 0.29) is 12.5 Å². The Morgan fingerprint density at radius 1 is 1.20 bits per heavy atom. The van der Waals surface area contributed by atoms with E-state index >= 15 is 0 Å². The Hall–Kier alpha value is -2.57. The summed E-state index contributed by atoms with van der Waals surface area (Å²) in [5.74, 6) is 1.07. The number of amides is 1. The number of hydrogen-bond acceptors (Lipinski definition) is 5. The number of rotatable bonds is 5. The second-order valence-electron chi connectivity index (χ2n) is 5.14. The minimum atomic E-state index is -0.313. The maximum Gasteiger partial charge on any atom is 0.262 e. The first-order valence-corrected chi connectivity index (χ1v) is 8.05. The van der Waals surface area contributed by atoms with E-state index in [0.29, 0.717) is 33.2 Å². The van der Waals surface area contributed by atoms with Crippen LogP contribution in [0, 0.1) is 6.92 Å². The van der Waals surface area contributed by atoms with Crippen molar-refractivity contribution < 1.29 is 14.1 Å². The van der Waals surface area contributed by atoms with E-state index in [0.717, 1.165) is 5.56 Å². The Bertz CT molecular complexity index is 894. The fourth-order valence-corrected chi connectivity index (χ4v) is 2.51. The van der Waals surface area contributed by atoms with Crippen molar-refractivity contribution in [1.29, 1.82) is 0 Å². The molecule has 128 valence electrons. The minimum absolute atomic E-state index is 0.175. The SMILES string of the molecule is Cc1noc(-c2ccc(NC(=O)COc3ccc(Cl)cc3Cl)cc2)n1. The summed E-state index contributed by atoms with van der Waals surface area (Å²) in [6.45, 7) is 1.57. The highest BCUT2D eigenvalue weighted by atomic mass is 35.5. The molecule has 0 unspecified atom stereocenters. The van der Waals surface area contributed by atoms with E-state index in [2.05, 4.69) is 15.5 Å². The third kappa shape index (κ3) is 4.49. The topological polar surface area (TPSA) is 77.2 Å². The number of benzene rings is 2. The first-order chi connectivity index (χ1) is 12.0. The number of carbonyl (C=O) groups is 1. The lowest BCUT2D eigenvalue weighted by Crippen LogP contribution is -2.20. The molecule has 0 saturated carbocycles. The van der Waals surface area contributed by atoms with E-state index in [1.165, 1.54) is 0 Å². The molecule has 0 saturated heterocycles. The second kappa shape index (κ2) is 7.55. The lowest BCUT2D eigenvalue weighted by Gasteiger charge is -2.09. The lowest BCUT2D eigenvalue weighted by atomic mass is 10.2. The summed E-state index contributed by atoms with van der Waals surface area (Å²) >= 11 is 11.8. The van der Waals surface area contributed by atoms with Gasteiger partial charge in [-0.1, -0.05) is 28.4 Å². The summed E-state index contributed by atoms with van der Waals surface area (Å²) in [6, 6.07) is 11.8. The van der Waals surface area contributed by atoms with Gasteiger partial charge in [0.05, 0.1) is 5.02 Å². The van der Waals surface area contributed by atoms with E-state index in [4.69, 9.17) is 32.5 Å². The molecule has 0 aliphatic carbocycles. The molecule has 2 aromatic carbocycles. The summed E-state index contributed by atoms with van der Waals surface area (Å²) in [5.41, 5.74) is 1.39. The molecule has 1 amide bonds. The van der Waals surface area contributed by atoms with Gasteiger partial charge in [0, 0.05) is 16.3 Å². The van der Waals surface area contributed by atoms with Gasteiger partial charge in [0.25, 0.3) is 11.8 Å². The Balaban J connectivity index is 1.57. The van der Waals surface area contributed by atoms with Crippen molar-refractivity contribution in [2.24, 2.45) is 0 Å². The van der Waals surface area contributed by atoms with Crippen LogP contribution in [0.3, 0.4) is 0 Å². The molecular formula is C17H13Cl2N3O3. The number of carbonyl (C=O) groups excluding carboxylic acids is 1. The maximum absolute atomic E-state index is 12.0. The van der Waals surface area contributed by atoms with Crippen molar-refractivity contribution in [3.05, 3.63) is 58.3 Å². The van der Waals surface area contributed by atoms with E-state index in [1.54, 1.807) is 49.4 Å². The Morgan fingerprint density at radius 2 is 1.96 bits per heavy atom. The van der Waals surface area contributed by atoms with Crippen molar-refractivity contribution >= 4 is 34.8 Å². The van der Waals surface area contributed by atoms with Gasteiger partial charge in [-0.25, -0.2) is 0 Å². The van der Waals surface area contributed by atoms with Crippen LogP contribution in [-0.2, 0) is 4.79 Å². The molecular weight excluding hydrogens is 365 g/mol. The number of anilines is 1. The Labute approximate surface area is 153 Å². The summed E-state index contributed by atoms with van der Waals surface area (Å²) in [6.07, 6.45) is 0. The monoisotopic (exact) mass is 377 g/mol. The summed E-state index contributed by atoms with van der Waals surface area (Å²) in [7, 11) is 0. The van der Waals surface area contributed by atoms with Gasteiger partial charge < -0.3 is 14.6 Å². The predicted molar refractivity (Wildman–Crippen MR) is 95.1 cm³/mol. The number of hydrogen-bond donors (Lipinski definition) is 1. The molecule has 0 spiro atoms. The van der Waals surface area contributed by atoms with Crippen molar-refractivity contribution in [3.63, 3.8) is 0 Å². The number of aryl methyl sites for hydroxylation is 1. The van der Waals surface area contributed by atoms with Crippen molar-refractivity contribution in [2.75, 3.05) is 11.9 Å². The summed E-state index contributed by atoms with van der Waals surface area (Å²) in [5, 5.41) is 7.31. The van der Waals surface area contributed by atoms with Gasteiger partial charge in [0.1, 0.15) is 5.75 Å². The number of aromatic nitrogens is 2. The van der Waals surface area contributed by atoms with E-state index in [9.17, 15) is 4.79 Å². The summed E-state index contributed by atoms with van der Waals surface area (Å²) in [4.78, 5) is 16.1. The van der Waals surface area contributed by atoms with Crippen LogP contribution in [0.25, 0.3) is 11.5 Å². The van der Waals surface area contributed by atoms with Crippen LogP contribution in [0.1, 0.15) is 5.82 Å². The molecule has 0 atom stereocenters. The first-order valence-electron chi connectivity index (χ1n) is 7.30. The maximum atomic E-state index is 12.0. The standard InChI is InChI=1S/C17H13Cl2N3O3/c1-10-20-17(25-22-10)11-2-5-13(6-3-11)21-16(23)9-24-15-7-4-12(18)8-14(15)19/h2-8H,9H2,1H3,(H,21,23). The molecule has 0 bridgehead atoms. The molecule has 0 fully saturated rings. The molecule has 3 aromatic rings. The number of nitrogens with zero attached hydrogens (tertiary/aromatic N) is 2. The highest BCUT2D eigenvalue weighted by Crippen LogP contribution is 2.27. The molecule has 0 radical (unpaired) electrons. The molecule has 1 aromatic heterocycles. The number of halogens is 2. The van der Waals surface area contributed by atoms with Gasteiger partial charge in [-0.3, -0.25) is 4.79 Å². The van der Waals surface area contributed by atoms with Crippen LogP contribution in [0.5, 0.6) is 5.75 Å². The first kappa shape index (κ1) is 17.3. The Morgan fingerprint density at radius 3 is 2.60 bits per heavy atom. The van der Waals surface area contributed by atoms with Crippen LogP contribution in [-0.4, -0.2) is 22.7 Å². The zero-order chi connectivity index (χ0) is 17.8. The fourth-order valence-electron chi connectivity index (χ4n) is 2.04. The molecule has 6 nitrogen and oxygen atoms in total. The molecule has 0 aliphatic rings. The third-order valence-corrected chi connectivity index (χ3v) is 3.73. The zero-order valence-corrected chi connectivity index (χ0v) is 14.6. The van der Waals surface area contributed by atoms with Crippen molar-refractivity contribution in [2.45, 2.75) is 6.92 Å². The van der Waals surface area contributed by atoms with Crippen LogP contribution in [0.15, 0.2) is 47.0 Å². The molecule has 0 aliphatic heterocycles. The Kier molecular flexibility index (Phi) is 5.21. The van der Waals surface area contributed by atoms with E-state index in [1.807, 2.05) is 0 Å². The van der Waals surface area contributed by atoms with Crippen LogP contribution < -0.4 is 10.1 Å². The van der Waals surface area contributed by atoms with Gasteiger partial charge in [0.15, 0.2) is 12.4 Å². The number of ether oxygens (including phenoxy) is 1. The van der Waals surface area contributed by atoms with Crippen molar-refractivity contribution in [1.82, 2.24) is 10.1 Å². The highest BCUT2D eigenvalue weighted by molar-refractivity contribution is 6.35. The van der Waals surface area contributed by atoms with E-state index < -0.39 is 0 Å². The van der Waals surface area contributed by atoms with Crippen LogP contribution >= 0.6 is 23.2 Å². The van der Waals surface area contributed by atoms with Crippen LogP contribution in [0.4, 0.5) is 5.69 Å². The lowest BCUT2D eigenvalue weighted by molar-refractivity contribution is -0.118. The van der Waals surface area contributed by atoms with Gasteiger partial charge in [-0.15, -0.1) is 0 Å². The van der Waals surface area contributed by atoms with Gasteiger partial charge in [-0.05, 0) is 49.4 Å². The smallest absolute Gasteiger partial charge is 0.262 e. The third-order valence-electron chi connectivity index (χ3n) is 3.20. The minimum Gasteiger partial charge on any atom is -0.482 e. The number of nitrogens with one attached hydrogen (secondary N) is 1. The largest absolute Gasteiger partial charge is 0.482 e. The van der Waals surface area contributed by atoms with Gasteiger partial charge in [-0.2, -0.15) is 4.98 Å². The highest BCUT2D eigenvalue weighted by Gasteiger charge is 2.09. The van der Waals surface area contributed by atoms with Crippen LogP contribution in [0.2, 0.25) is 10.0 Å². The quantitative estimate of drug-likeness (QED) is 0.714. The molecule has 1 N–H and O–H groups in total. The molecule has 8 heteroatoms. The average molecular weight is 378 g/mol. The van der Waals surface area contributed by atoms with Crippen molar-refractivity contribution in [3.8, 4) is 17.2 Å². The normalized spacial score (nSPS) is 10.5. The zero-order valence-electron chi connectivity index (χ0n) is 13.1. The average Bonchev–Trinajstić information content (AvgIpc) is 3.01. The fraction of sp³-hybridized carbons (Fsp3) is 0.118. The molecule has 25 heavy (non-hydrogen) atoms. The second-order valence-corrected chi connectivity index (χ2v) is 5.98. The summed E-state index contributed by atoms with van der Waals surface area (Å²) < 4.78 is 10.5. The predicted octanol–water partition coefficient (Wildman–Crippen LogP) is 4.37. The molecule has 3 rings (SSSR count). The molecule has 1 heterocycles. The van der Waals surface area contributed by atoms with Gasteiger partial charge >= 0.3 is 0 Å².